The van der Waals surface area contributed by atoms with E-state index in [4.69, 9.17) is 15.5 Å². The van der Waals surface area contributed by atoms with Crippen LogP contribution in [0.2, 0.25) is 0 Å². The van der Waals surface area contributed by atoms with Crippen LogP contribution in [0.4, 0.5) is 17.1 Å². The monoisotopic (exact) mass is 535 g/mol. The number of pyridine rings is 1. The fourth-order valence-corrected chi connectivity index (χ4v) is 4.91. The average Bonchev–Trinajstić information content (AvgIpc) is 2.90. The van der Waals surface area contributed by atoms with Gasteiger partial charge in [0, 0.05) is 23.4 Å². The number of aromatic nitrogens is 1. The first kappa shape index (κ1) is 27.2. The van der Waals surface area contributed by atoms with Gasteiger partial charge in [-0.05, 0) is 43.7 Å². The number of nitrogens with zero attached hydrogens (tertiary/aromatic N) is 1. The Kier molecular flexibility index (Phi) is 8.65. The lowest BCUT2D eigenvalue weighted by molar-refractivity contribution is 0.0954. The van der Waals surface area contributed by atoms with Crippen molar-refractivity contribution in [3.05, 3.63) is 66.2 Å². The third-order valence-electron chi connectivity index (χ3n) is 6.14. The summed E-state index contributed by atoms with van der Waals surface area (Å²) in [6, 6.07) is 18.3. The van der Waals surface area contributed by atoms with E-state index < -0.39 is 10.0 Å². The van der Waals surface area contributed by atoms with Crippen molar-refractivity contribution >= 4 is 54.8 Å². The third-order valence-corrected chi connectivity index (χ3v) is 6.74. The van der Waals surface area contributed by atoms with Gasteiger partial charge in [0.15, 0.2) is 0 Å². The van der Waals surface area contributed by atoms with E-state index in [9.17, 15) is 13.2 Å². The number of carbonyl (C=O) groups is 1. The molecule has 4 aromatic rings. The van der Waals surface area contributed by atoms with Gasteiger partial charge in [0.05, 0.1) is 47.0 Å². The number of fused-ring (bicyclic) bond motifs is 2. The van der Waals surface area contributed by atoms with Gasteiger partial charge >= 0.3 is 0 Å². The molecular formula is C28H33N5O4S. The Bertz CT molecular complexity index is 1560. The quantitative estimate of drug-likeness (QED) is 0.152. The Hall–Kier alpha value is -3.89. The molecule has 5 N–H and O–H groups in total. The second-order valence-electron chi connectivity index (χ2n) is 9.08. The normalized spacial score (nSPS) is 11.4. The Labute approximate surface area is 222 Å². The molecule has 0 atom stereocenters. The number of unbranched alkanes of at least 4 members (excludes halogenated alkanes) is 3. The number of nitrogens with one attached hydrogen (secondary N) is 3. The van der Waals surface area contributed by atoms with Crippen LogP contribution in [0, 0.1) is 0 Å². The number of methoxy groups -OCH3 is 1. The van der Waals surface area contributed by atoms with Gasteiger partial charge in [-0.25, -0.2) is 13.4 Å². The van der Waals surface area contributed by atoms with Crippen molar-refractivity contribution in [1.29, 1.82) is 0 Å². The van der Waals surface area contributed by atoms with Crippen LogP contribution in [0.5, 0.6) is 5.75 Å². The Morgan fingerprint density at radius 1 is 0.974 bits per heavy atom. The van der Waals surface area contributed by atoms with E-state index in [-0.39, 0.29) is 5.91 Å². The summed E-state index contributed by atoms with van der Waals surface area (Å²) in [7, 11) is -1.91. The topological polar surface area (TPSA) is 135 Å². The first-order valence-corrected chi connectivity index (χ1v) is 14.4. The second-order valence-corrected chi connectivity index (χ2v) is 10.8. The summed E-state index contributed by atoms with van der Waals surface area (Å²) in [6.07, 6.45) is 5.05. The molecule has 1 aromatic heterocycles. The number of para-hydroxylation sites is 2. The number of rotatable bonds is 12. The highest BCUT2D eigenvalue weighted by atomic mass is 32.2. The minimum absolute atomic E-state index is 0.170. The number of hydrogen-bond acceptors (Lipinski definition) is 7. The summed E-state index contributed by atoms with van der Waals surface area (Å²) in [4.78, 5) is 18.0. The minimum atomic E-state index is -3.43. The van der Waals surface area contributed by atoms with Crippen LogP contribution >= 0.6 is 0 Å². The van der Waals surface area contributed by atoms with Gasteiger partial charge in [-0.1, -0.05) is 43.2 Å². The van der Waals surface area contributed by atoms with Crippen LogP contribution in [0.25, 0.3) is 21.8 Å². The number of anilines is 3. The number of ether oxygens (including phenoxy) is 1. The van der Waals surface area contributed by atoms with Gasteiger partial charge < -0.3 is 21.1 Å². The van der Waals surface area contributed by atoms with E-state index in [1.165, 1.54) is 7.11 Å². The standard InChI is InChI=1S/C28H33N5O4S/c1-37-25-18-19(33-38(2,35)36)14-15-24(25)32-26-20-10-5-6-13-23(20)31-27-21(26)11-9-12-22(27)28(34)30-17-8-4-3-7-16-29/h5-6,9-15,18,33H,3-4,7-8,16-17,29H2,1-2H3,(H,30,34)(H,31,32). The molecule has 200 valence electrons. The molecule has 10 heteroatoms. The lowest BCUT2D eigenvalue weighted by Gasteiger charge is -2.17. The predicted octanol–water partition coefficient (Wildman–Crippen LogP) is 4.76. The van der Waals surface area contributed by atoms with Crippen molar-refractivity contribution in [2.75, 3.05) is 36.5 Å². The second kappa shape index (κ2) is 12.1. The molecule has 0 aliphatic rings. The van der Waals surface area contributed by atoms with Gasteiger partial charge in [0.2, 0.25) is 10.0 Å². The van der Waals surface area contributed by atoms with Crippen LogP contribution in [-0.2, 0) is 10.0 Å². The van der Waals surface area contributed by atoms with Crippen LogP contribution in [0.3, 0.4) is 0 Å². The first-order valence-electron chi connectivity index (χ1n) is 12.5. The number of nitrogens with two attached hydrogens (primary N) is 1. The third kappa shape index (κ3) is 6.51. The molecular weight excluding hydrogens is 502 g/mol. The largest absolute Gasteiger partial charge is 0.494 e. The molecule has 4 rings (SSSR count). The fourth-order valence-electron chi connectivity index (χ4n) is 4.36. The van der Waals surface area contributed by atoms with E-state index in [1.807, 2.05) is 36.4 Å². The van der Waals surface area contributed by atoms with Crippen molar-refractivity contribution in [2.45, 2.75) is 25.7 Å². The maximum atomic E-state index is 13.1. The molecule has 0 saturated heterocycles. The lowest BCUT2D eigenvalue weighted by Crippen LogP contribution is -2.24. The van der Waals surface area contributed by atoms with E-state index in [0.29, 0.717) is 41.3 Å². The molecule has 3 aromatic carbocycles. The van der Waals surface area contributed by atoms with Crippen molar-refractivity contribution < 1.29 is 17.9 Å². The van der Waals surface area contributed by atoms with E-state index in [2.05, 4.69) is 15.4 Å². The fraction of sp³-hybridized carbons (Fsp3) is 0.286. The van der Waals surface area contributed by atoms with Crippen molar-refractivity contribution in [2.24, 2.45) is 5.73 Å². The SMILES string of the molecule is COc1cc(NS(C)(=O)=O)ccc1Nc1c2ccccc2nc2c(C(=O)NCCCCCCN)cccc12. The maximum absolute atomic E-state index is 13.1. The molecule has 0 aliphatic heterocycles. The molecule has 0 spiro atoms. The molecule has 0 radical (unpaired) electrons. The van der Waals surface area contributed by atoms with Crippen LogP contribution in [0.1, 0.15) is 36.0 Å². The molecule has 0 unspecified atom stereocenters. The number of benzene rings is 3. The Morgan fingerprint density at radius 2 is 1.74 bits per heavy atom. The molecule has 1 heterocycles. The van der Waals surface area contributed by atoms with Gasteiger partial charge in [0.1, 0.15) is 5.75 Å². The van der Waals surface area contributed by atoms with Crippen LogP contribution in [0.15, 0.2) is 60.7 Å². The van der Waals surface area contributed by atoms with Gasteiger partial charge in [-0.15, -0.1) is 0 Å². The summed E-state index contributed by atoms with van der Waals surface area (Å²) >= 11 is 0. The molecule has 38 heavy (non-hydrogen) atoms. The van der Waals surface area contributed by atoms with Gasteiger partial charge in [-0.3, -0.25) is 9.52 Å². The Morgan fingerprint density at radius 3 is 2.50 bits per heavy atom. The van der Waals surface area contributed by atoms with E-state index in [0.717, 1.165) is 53.9 Å². The number of carbonyl (C=O) groups excluding carboxylic acids is 1. The summed E-state index contributed by atoms with van der Waals surface area (Å²) in [5.41, 5.74) is 9.17. The highest BCUT2D eigenvalue weighted by Gasteiger charge is 2.17. The Balaban J connectivity index is 1.71. The summed E-state index contributed by atoms with van der Waals surface area (Å²) < 4.78 is 31.4. The number of hydrogen-bond donors (Lipinski definition) is 4. The maximum Gasteiger partial charge on any atom is 0.253 e. The molecule has 0 bridgehead atoms. The highest BCUT2D eigenvalue weighted by molar-refractivity contribution is 7.92. The molecule has 1 amide bonds. The van der Waals surface area contributed by atoms with Gasteiger partial charge in [0.25, 0.3) is 5.91 Å². The predicted molar refractivity (Wildman–Crippen MR) is 154 cm³/mol. The summed E-state index contributed by atoms with van der Waals surface area (Å²) in [5, 5.41) is 8.13. The highest BCUT2D eigenvalue weighted by Crippen LogP contribution is 2.38. The average molecular weight is 536 g/mol. The van der Waals surface area contributed by atoms with Crippen LogP contribution < -0.4 is 25.8 Å². The molecule has 0 saturated carbocycles. The summed E-state index contributed by atoms with van der Waals surface area (Å²) in [5.74, 6) is 0.285. The molecule has 0 aliphatic carbocycles. The zero-order valence-corrected chi connectivity index (χ0v) is 22.4. The first-order chi connectivity index (χ1) is 18.3. The zero-order chi connectivity index (χ0) is 27.1. The molecule has 9 nitrogen and oxygen atoms in total. The van der Waals surface area contributed by atoms with Crippen molar-refractivity contribution in [3.8, 4) is 5.75 Å². The minimum Gasteiger partial charge on any atom is -0.494 e. The summed E-state index contributed by atoms with van der Waals surface area (Å²) in [6.45, 7) is 1.27. The molecule has 0 fully saturated rings. The van der Waals surface area contributed by atoms with Crippen molar-refractivity contribution in [3.63, 3.8) is 0 Å². The lowest BCUT2D eigenvalue weighted by atomic mass is 10.0. The van der Waals surface area contributed by atoms with E-state index >= 15 is 0 Å². The van der Waals surface area contributed by atoms with Crippen molar-refractivity contribution in [1.82, 2.24) is 10.3 Å². The number of amides is 1. The number of sulfonamides is 1. The van der Waals surface area contributed by atoms with E-state index in [1.54, 1.807) is 24.3 Å². The smallest absolute Gasteiger partial charge is 0.253 e. The zero-order valence-electron chi connectivity index (χ0n) is 21.6. The van der Waals surface area contributed by atoms with Crippen LogP contribution in [-0.4, -0.2) is 45.8 Å². The van der Waals surface area contributed by atoms with Gasteiger partial charge in [-0.2, -0.15) is 0 Å².